The van der Waals surface area contributed by atoms with Crippen molar-refractivity contribution in [3.05, 3.63) is 18.3 Å². The molecular weight excluding hydrogens is 268 g/mol. The highest BCUT2D eigenvalue weighted by Gasteiger charge is 2.21. The minimum Gasteiger partial charge on any atom is -0.481 e. The minimum atomic E-state index is -0.149. The van der Waals surface area contributed by atoms with Gasteiger partial charge in [-0.3, -0.25) is 9.48 Å². The van der Waals surface area contributed by atoms with Crippen LogP contribution < -0.4 is 15.8 Å². The van der Waals surface area contributed by atoms with Gasteiger partial charge >= 0.3 is 0 Å². The van der Waals surface area contributed by atoms with Crippen molar-refractivity contribution in [3.63, 3.8) is 0 Å². The van der Waals surface area contributed by atoms with E-state index >= 15 is 0 Å². The molecule has 0 fully saturated rings. The Morgan fingerprint density at radius 3 is 3.11 bits per heavy atom. The Bertz CT molecular complexity index is 623. The van der Waals surface area contributed by atoms with Crippen molar-refractivity contribution in [1.29, 1.82) is 0 Å². The first kappa shape index (κ1) is 13.6. The molecule has 1 atom stereocenters. The second-order valence-electron chi connectivity index (χ2n) is 4.52. The molecule has 1 aromatic carbocycles. The highest BCUT2D eigenvalue weighted by molar-refractivity contribution is 6.05. The van der Waals surface area contributed by atoms with Crippen molar-refractivity contribution in [1.82, 2.24) is 9.78 Å². The number of nitrogens with zero attached hydrogens (tertiary/aromatic N) is 2. The Balaban J connectivity index is 0.00000133. The highest BCUT2D eigenvalue weighted by Crippen LogP contribution is 2.35. The summed E-state index contributed by atoms with van der Waals surface area (Å²) in [6.45, 7) is 2.56. The zero-order valence-corrected chi connectivity index (χ0v) is 11.2. The number of hydrogen-bond acceptors (Lipinski definition) is 4. The van der Waals surface area contributed by atoms with E-state index in [0.717, 1.165) is 10.9 Å². The lowest BCUT2D eigenvalue weighted by Crippen LogP contribution is -2.27. The van der Waals surface area contributed by atoms with E-state index in [2.05, 4.69) is 10.4 Å². The van der Waals surface area contributed by atoms with Gasteiger partial charge in [0, 0.05) is 11.4 Å². The summed E-state index contributed by atoms with van der Waals surface area (Å²) in [7, 11) is 0. The molecule has 3 rings (SSSR count). The van der Waals surface area contributed by atoms with Gasteiger partial charge in [0.15, 0.2) is 6.61 Å². The SMILES string of the molecule is CC(N)Cn1ncc2ccc3c(c21)NC(=O)CO3.Cl. The fraction of sp³-hybridized carbons (Fsp3) is 0.333. The van der Waals surface area contributed by atoms with E-state index in [1.165, 1.54) is 0 Å². The van der Waals surface area contributed by atoms with Gasteiger partial charge in [0.1, 0.15) is 11.4 Å². The van der Waals surface area contributed by atoms with E-state index in [1.54, 1.807) is 10.9 Å². The summed E-state index contributed by atoms with van der Waals surface area (Å²) in [4.78, 5) is 11.4. The van der Waals surface area contributed by atoms with Crippen molar-refractivity contribution in [3.8, 4) is 5.75 Å². The molecule has 0 spiro atoms. The number of hydrogen-bond donors (Lipinski definition) is 2. The van der Waals surface area contributed by atoms with Crippen LogP contribution in [0.15, 0.2) is 18.3 Å². The van der Waals surface area contributed by atoms with Crippen molar-refractivity contribution in [2.45, 2.75) is 19.5 Å². The first-order valence-electron chi connectivity index (χ1n) is 5.82. The van der Waals surface area contributed by atoms with Crippen LogP contribution in [0, 0.1) is 0 Å². The third kappa shape index (κ3) is 2.36. The van der Waals surface area contributed by atoms with Gasteiger partial charge < -0.3 is 15.8 Å². The van der Waals surface area contributed by atoms with Crippen molar-refractivity contribution in [2.75, 3.05) is 11.9 Å². The van der Waals surface area contributed by atoms with Gasteiger partial charge in [0.25, 0.3) is 5.91 Å². The molecule has 19 heavy (non-hydrogen) atoms. The lowest BCUT2D eigenvalue weighted by atomic mass is 10.2. The molecule has 1 aliphatic rings. The number of benzene rings is 1. The molecule has 1 amide bonds. The molecule has 0 radical (unpaired) electrons. The maximum absolute atomic E-state index is 11.4. The summed E-state index contributed by atoms with van der Waals surface area (Å²) in [5, 5.41) is 8.09. The maximum Gasteiger partial charge on any atom is 0.262 e. The average molecular weight is 283 g/mol. The number of carbonyl (C=O) groups excluding carboxylic acids is 1. The van der Waals surface area contributed by atoms with Gasteiger partial charge in [-0.15, -0.1) is 12.4 Å². The molecule has 2 aromatic rings. The largest absolute Gasteiger partial charge is 0.481 e. The molecular formula is C12H15ClN4O2. The van der Waals surface area contributed by atoms with Crippen LogP contribution in [-0.4, -0.2) is 28.3 Å². The Labute approximate surface area is 116 Å². The highest BCUT2D eigenvalue weighted by atomic mass is 35.5. The van der Waals surface area contributed by atoms with E-state index in [4.69, 9.17) is 10.5 Å². The van der Waals surface area contributed by atoms with Crippen molar-refractivity contribution >= 4 is 34.9 Å². The molecule has 1 aromatic heterocycles. The summed E-state index contributed by atoms with van der Waals surface area (Å²) in [5.74, 6) is 0.525. The topological polar surface area (TPSA) is 82.2 Å². The zero-order chi connectivity index (χ0) is 12.7. The lowest BCUT2D eigenvalue weighted by Gasteiger charge is -2.19. The van der Waals surface area contributed by atoms with Gasteiger partial charge in [-0.05, 0) is 19.1 Å². The molecule has 0 aliphatic carbocycles. The van der Waals surface area contributed by atoms with Gasteiger partial charge in [0.05, 0.1) is 18.3 Å². The van der Waals surface area contributed by atoms with Crippen LogP contribution in [0.2, 0.25) is 0 Å². The smallest absolute Gasteiger partial charge is 0.262 e. The molecule has 0 saturated carbocycles. The molecule has 2 heterocycles. The number of aromatic nitrogens is 2. The van der Waals surface area contributed by atoms with Crippen LogP contribution in [-0.2, 0) is 11.3 Å². The summed E-state index contributed by atoms with van der Waals surface area (Å²) < 4.78 is 7.19. The number of nitrogens with two attached hydrogens (primary N) is 1. The third-order valence-electron chi connectivity index (χ3n) is 2.85. The van der Waals surface area contributed by atoms with E-state index in [1.807, 2.05) is 19.1 Å². The molecule has 3 N–H and O–H groups in total. The maximum atomic E-state index is 11.4. The van der Waals surface area contributed by atoms with Crippen LogP contribution in [0.25, 0.3) is 10.9 Å². The monoisotopic (exact) mass is 282 g/mol. The molecule has 1 unspecified atom stereocenters. The number of carbonyl (C=O) groups is 1. The minimum absolute atomic E-state index is 0. The second-order valence-corrected chi connectivity index (χ2v) is 4.52. The van der Waals surface area contributed by atoms with Gasteiger partial charge in [0.2, 0.25) is 0 Å². The Kier molecular flexibility index (Phi) is 3.64. The number of halogens is 1. The lowest BCUT2D eigenvalue weighted by molar-refractivity contribution is -0.118. The number of nitrogens with one attached hydrogen (secondary N) is 1. The first-order chi connectivity index (χ1) is 8.65. The summed E-state index contributed by atoms with van der Waals surface area (Å²) >= 11 is 0. The zero-order valence-electron chi connectivity index (χ0n) is 10.4. The number of fused-ring (bicyclic) bond motifs is 3. The Hall–Kier alpha value is -1.79. The van der Waals surface area contributed by atoms with E-state index < -0.39 is 0 Å². The molecule has 0 bridgehead atoms. The van der Waals surface area contributed by atoms with Crippen LogP contribution in [0.1, 0.15) is 6.92 Å². The number of ether oxygens (including phenoxy) is 1. The fourth-order valence-corrected chi connectivity index (χ4v) is 2.13. The Morgan fingerprint density at radius 1 is 1.58 bits per heavy atom. The van der Waals surface area contributed by atoms with Crippen molar-refractivity contribution < 1.29 is 9.53 Å². The predicted molar refractivity (Wildman–Crippen MR) is 74.8 cm³/mol. The van der Waals surface area contributed by atoms with Gasteiger partial charge in [-0.1, -0.05) is 0 Å². The van der Waals surface area contributed by atoms with Crippen LogP contribution in [0.3, 0.4) is 0 Å². The van der Waals surface area contributed by atoms with Crippen LogP contribution in [0.4, 0.5) is 5.69 Å². The molecule has 1 aliphatic heterocycles. The standard InChI is InChI=1S/C12H14N4O2.ClH/c1-7(13)5-16-12-8(4-14-16)2-3-9-11(12)15-10(17)6-18-9;/h2-4,7H,5-6,13H2,1H3,(H,15,17);1H. The average Bonchev–Trinajstić information content (AvgIpc) is 2.72. The van der Waals surface area contributed by atoms with E-state index in [-0.39, 0.29) is 31.0 Å². The molecule has 102 valence electrons. The second kappa shape index (κ2) is 5.07. The summed E-state index contributed by atoms with van der Waals surface area (Å²) in [6, 6.07) is 3.76. The molecule has 0 saturated heterocycles. The third-order valence-corrected chi connectivity index (χ3v) is 2.85. The van der Waals surface area contributed by atoms with Crippen molar-refractivity contribution in [2.24, 2.45) is 5.73 Å². The Morgan fingerprint density at radius 2 is 2.37 bits per heavy atom. The van der Waals surface area contributed by atoms with Crippen LogP contribution >= 0.6 is 12.4 Å². The van der Waals surface area contributed by atoms with E-state index in [9.17, 15) is 4.79 Å². The molecule has 7 heteroatoms. The first-order valence-corrected chi connectivity index (χ1v) is 5.82. The molecule has 6 nitrogen and oxygen atoms in total. The summed E-state index contributed by atoms with van der Waals surface area (Å²) in [5.41, 5.74) is 7.34. The fourth-order valence-electron chi connectivity index (χ4n) is 2.13. The number of amides is 1. The van der Waals surface area contributed by atoms with Crippen LogP contribution in [0.5, 0.6) is 5.75 Å². The number of rotatable bonds is 2. The van der Waals surface area contributed by atoms with Gasteiger partial charge in [-0.2, -0.15) is 5.10 Å². The van der Waals surface area contributed by atoms with E-state index in [0.29, 0.717) is 18.0 Å². The quantitative estimate of drug-likeness (QED) is 0.865. The number of anilines is 1. The normalized spacial score (nSPS) is 15.2. The van der Waals surface area contributed by atoms with Gasteiger partial charge in [-0.25, -0.2) is 0 Å². The predicted octanol–water partition coefficient (Wildman–Crippen LogP) is 1.14. The summed E-state index contributed by atoms with van der Waals surface area (Å²) in [6.07, 6.45) is 1.76.